The van der Waals surface area contributed by atoms with E-state index >= 15 is 0 Å². The summed E-state index contributed by atoms with van der Waals surface area (Å²) in [7, 11) is 7.03. The molecule has 1 saturated heterocycles. The minimum absolute atomic E-state index is 0.285. The lowest BCUT2D eigenvalue weighted by Crippen LogP contribution is -2.43. The molecular formula is C14H22N2O3. The van der Waals surface area contributed by atoms with Gasteiger partial charge in [-0.15, -0.1) is 0 Å². The molecule has 0 saturated carbocycles. The van der Waals surface area contributed by atoms with E-state index in [9.17, 15) is 0 Å². The van der Waals surface area contributed by atoms with Crippen molar-refractivity contribution in [2.24, 2.45) is 0 Å². The molecule has 0 amide bonds. The van der Waals surface area contributed by atoms with Gasteiger partial charge in [-0.2, -0.15) is 0 Å². The van der Waals surface area contributed by atoms with E-state index in [1.807, 2.05) is 12.1 Å². The number of piperazine rings is 1. The first kappa shape index (κ1) is 14.0. The fourth-order valence-electron chi connectivity index (χ4n) is 2.42. The third-order valence-corrected chi connectivity index (χ3v) is 3.47. The number of nitrogens with zero attached hydrogens (tertiary/aromatic N) is 1. The van der Waals surface area contributed by atoms with Crippen molar-refractivity contribution in [1.82, 2.24) is 10.2 Å². The van der Waals surface area contributed by atoms with E-state index in [1.165, 1.54) is 0 Å². The summed E-state index contributed by atoms with van der Waals surface area (Å²) in [5.41, 5.74) is 1.15. The van der Waals surface area contributed by atoms with Crippen LogP contribution in [0.25, 0.3) is 0 Å². The second-order valence-electron chi connectivity index (χ2n) is 4.73. The minimum atomic E-state index is 0.285. The maximum absolute atomic E-state index is 5.39. The molecule has 0 aromatic heterocycles. The average Bonchev–Trinajstić information content (AvgIpc) is 2.45. The van der Waals surface area contributed by atoms with Crippen LogP contribution in [0.1, 0.15) is 11.6 Å². The highest BCUT2D eigenvalue weighted by Gasteiger charge is 2.22. The molecule has 1 aliphatic heterocycles. The van der Waals surface area contributed by atoms with Crippen molar-refractivity contribution in [3.63, 3.8) is 0 Å². The number of hydrogen-bond donors (Lipinski definition) is 1. The quantitative estimate of drug-likeness (QED) is 0.889. The van der Waals surface area contributed by atoms with Crippen LogP contribution in [0, 0.1) is 0 Å². The number of benzene rings is 1. The number of nitrogens with one attached hydrogen (secondary N) is 1. The van der Waals surface area contributed by atoms with Gasteiger partial charge in [0, 0.05) is 25.7 Å². The van der Waals surface area contributed by atoms with Gasteiger partial charge in [0.2, 0.25) is 5.75 Å². The van der Waals surface area contributed by atoms with E-state index in [4.69, 9.17) is 14.2 Å². The van der Waals surface area contributed by atoms with Gasteiger partial charge in [0.15, 0.2) is 11.5 Å². The maximum atomic E-state index is 5.39. The molecule has 19 heavy (non-hydrogen) atoms. The molecule has 1 unspecified atom stereocenters. The number of hydrogen-bond acceptors (Lipinski definition) is 5. The molecule has 1 fully saturated rings. The molecular weight excluding hydrogens is 244 g/mol. The third kappa shape index (κ3) is 2.93. The van der Waals surface area contributed by atoms with Crippen LogP contribution in [0.15, 0.2) is 12.1 Å². The topological polar surface area (TPSA) is 43.0 Å². The summed E-state index contributed by atoms with van der Waals surface area (Å²) < 4.78 is 16.1. The van der Waals surface area contributed by atoms with Gasteiger partial charge in [0.25, 0.3) is 0 Å². The summed E-state index contributed by atoms with van der Waals surface area (Å²) in [5.74, 6) is 2.04. The predicted octanol–water partition coefficient (Wildman–Crippen LogP) is 1.29. The molecule has 5 heteroatoms. The molecule has 1 aliphatic rings. The Morgan fingerprint density at radius 3 is 2.21 bits per heavy atom. The lowest BCUT2D eigenvalue weighted by atomic mass is 10.0. The van der Waals surface area contributed by atoms with Crippen molar-refractivity contribution in [3.05, 3.63) is 17.7 Å². The molecule has 106 valence electrons. The van der Waals surface area contributed by atoms with Crippen molar-refractivity contribution in [2.45, 2.75) is 6.04 Å². The van der Waals surface area contributed by atoms with E-state index in [2.05, 4.69) is 17.3 Å². The monoisotopic (exact) mass is 266 g/mol. The van der Waals surface area contributed by atoms with Gasteiger partial charge in [0.05, 0.1) is 21.3 Å². The van der Waals surface area contributed by atoms with E-state index in [1.54, 1.807) is 21.3 Å². The van der Waals surface area contributed by atoms with Crippen LogP contribution in [-0.2, 0) is 0 Å². The number of ether oxygens (including phenoxy) is 3. The molecule has 1 heterocycles. The third-order valence-electron chi connectivity index (χ3n) is 3.47. The second kappa shape index (κ2) is 6.12. The highest BCUT2D eigenvalue weighted by Crippen LogP contribution is 2.39. The zero-order valence-electron chi connectivity index (χ0n) is 12.0. The second-order valence-corrected chi connectivity index (χ2v) is 4.73. The van der Waals surface area contributed by atoms with Crippen LogP contribution in [0.4, 0.5) is 0 Å². The summed E-state index contributed by atoms with van der Waals surface area (Å²) in [6.45, 7) is 3.03. The van der Waals surface area contributed by atoms with Crippen molar-refractivity contribution in [2.75, 3.05) is 48.0 Å². The summed E-state index contributed by atoms with van der Waals surface area (Å²) in [4.78, 5) is 2.31. The van der Waals surface area contributed by atoms with E-state index in [0.717, 1.165) is 25.2 Å². The van der Waals surface area contributed by atoms with Crippen LogP contribution in [0.5, 0.6) is 17.2 Å². The average molecular weight is 266 g/mol. The first-order valence-electron chi connectivity index (χ1n) is 6.41. The minimum Gasteiger partial charge on any atom is -0.493 e. The molecule has 1 aromatic rings. The standard InChI is InChI=1S/C14H22N2O3/c1-16-6-5-15-11(9-16)10-7-12(17-2)14(19-4)13(8-10)18-3/h7-8,11,15H,5-6,9H2,1-4H3. The highest BCUT2D eigenvalue weighted by atomic mass is 16.5. The molecule has 0 aliphatic carbocycles. The molecule has 0 bridgehead atoms. The normalized spacial score (nSPS) is 20.1. The Bertz CT molecular complexity index is 412. The molecule has 0 spiro atoms. The SMILES string of the molecule is COc1cc(C2CN(C)CCN2)cc(OC)c1OC. The first-order valence-corrected chi connectivity index (χ1v) is 6.41. The van der Waals surface area contributed by atoms with Gasteiger partial charge >= 0.3 is 0 Å². The van der Waals surface area contributed by atoms with Gasteiger partial charge in [-0.1, -0.05) is 0 Å². The zero-order valence-corrected chi connectivity index (χ0v) is 12.0. The van der Waals surface area contributed by atoms with Crippen molar-refractivity contribution < 1.29 is 14.2 Å². The van der Waals surface area contributed by atoms with Crippen molar-refractivity contribution in [3.8, 4) is 17.2 Å². The summed E-state index contributed by atoms with van der Waals surface area (Å²) >= 11 is 0. The van der Waals surface area contributed by atoms with E-state index < -0.39 is 0 Å². The lowest BCUT2D eigenvalue weighted by Gasteiger charge is -2.31. The van der Waals surface area contributed by atoms with Crippen LogP contribution in [0.2, 0.25) is 0 Å². The summed E-state index contributed by atoms with van der Waals surface area (Å²) in [6, 6.07) is 4.31. The van der Waals surface area contributed by atoms with Crippen molar-refractivity contribution >= 4 is 0 Å². The zero-order chi connectivity index (χ0) is 13.8. The Kier molecular flexibility index (Phi) is 4.50. The Morgan fingerprint density at radius 2 is 1.74 bits per heavy atom. The fourth-order valence-corrected chi connectivity index (χ4v) is 2.42. The lowest BCUT2D eigenvalue weighted by molar-refractivity contribution is 0.239. The molecule has 5 nitrogen and oxygen atoms in total. The molecule has 1 N–H and O–H groups in total. The Morgan fingerprint density at radius 1 is 1.11 bits per heavy atom. The van der Waals surface area contributed by atoms with Crippen LogP contribution in [0.3, 0.4) is 0 Å². The number of likely N-dealkylation sites (N-methyl/N-ethyl adjacent to an activating group) is 1. The van der Waals surface area contributed by atoms with Gasteiger partial charge in [-0.3, -0.25) is 0 Å². The Labute approximate surface area is 114 Å². The van der Waals surface area contributed by atoms with Gasteiger partial charge in [-0.05, 0) is 24.7 Å². The van der Waals surface area contributed by atoms with Gasteiger partial charge in [0.1, 0.15) is 0 Å². The fraction of sp³-hybridized carbons (Fsp3) is 0.571. The number of methoxy groups -OCH3 is 3. The van der Waals surface area contributed by atoms with Gasteiger partial charge in [-0.25, -0.2) is 0 Å². The van der Waals surface area contributed by atoms with E-state index in [-0.39, 0.29) is 6.04 Å². The van der Waals surface area contributed by atoms with Crippen molar-refractivity contribution in [1.29, 1.82) is 0 Å². The van der Waals surface area contributed by atoms with Crippen LogP contribution in [-0.4, -0.2) is 52.9 Å². The van der Waals surface area contributed by atoms with E-state index in [0.29, 0.717) is 17.2 Å². The molecule has 1 aromatic carbocycles. The Balaban J connectivity index is 2.35. The predicted molar refractivity (Wildman–Crippen MR) is 74.3 cm³/mol. The first-order chi connectivity index (χ1) is 9.19. The summed E-state index contributed by atoms with van der Waals surface area (Å²) in [5, 5.41) is 3.51. The number of rotatable bonds is 4. The molecule has 1 atom stereocenters. The van der Waals surface area contributed by atoms with Crippen LogP contribution < -0.4 is 19.5 Å². The maximum Gasteiger partial charge on any atom is 0.203 e. The molecule has 2 rings (SSSR count). The van der Waals surface area contributed by atoms with Crippen LogP contribution >= 0.6 is 0 Å². The summed E-state index contributed by atoms with van der Waals surface area (Å²) in [6.07, 6.45) is 0. The largest absolute Gasteiger partial charge is 0.493 e. The molecule has 0 radical (unpaired) electrons. The smallest absolute Gasteiger partial charge is 0.203 e. The van der Waals surface area contributed by atoms with Gasteiger partial charge < -0.3 is 24.4 Å². The highest BCUT2D eigenvalue weighted by molar-refractivity contribution is 5.54. The Hall–Kier alpha value is -1.46.